The molecule has 5 heteroatoms. The molecule has 10 aromatic rings. The van der Waals surface area contributed by atoms with Gasteiger partial charge in [-0.05, 0) is 96.1 Å². The van der Waals surface area contributed by atoms with Crippen molar-refractivity contribution < 1.29 is 9.47 Å². The number of aromatic nitrogens is 2. The quantitative estimate of drug-likeness (QED) is 0.186. The summed E-state index contributed by atoms with van der Waals surface area (Å²) in [5, 5.41) is 4.91. The smallest absolute Gasteiger partial charge is 0.155 e. The van der Waals surface area contributed by atoms with E-state index in [1.807, 2.05) is 36.4 Å². The Hall–Kier alpha value is -7.24. The van der Waals surface area contributed by atoms with Gasteiger partial charge in [0.05, 0.1) is 39.1 Å². The van der Waals surface area contributed by atoms with Gasteiger partial charge in [0.25, 0.3) is 0 Å². The number of hydrogen-bond acceptors (Lipinski definition) is 3. The van der Waals surface area contributed by atoms with Gasteiger partial charge in [0.15, 0.2) is 23.0 Å². The number of benzene rings is 8. The summed E-state index contributed by atoms with van der Waals surface area (Å²) >= 11 is 0. The molecule has 0 spiro atoms. The lowest BCUT2D eigenvalue weighted by molar-refractivity contribution is 0.446. The molecule has 0 atom stereocenters. The molecule has 2 aliphatic rings. The minimum Gasteiger partial charge on any atom is -0.453 e. The third-order valence-electron chi connectivity index (χ3n) is 10.9. The van der Waals surface area contributed by atoms with E-state index in [-0.39, 0.29) is 0 Å². The molecule has 0 bridgehead atoms. The van der Waals surface area contributed by atoms with Gasteiger partial charge in [-0.3, -0.25) is 4.90 Å². The molecule has 4 heterocycles. The Morgan fingerprint density at radius 1 is 0.321 bits per heavy atom. The van der Waals surface area contributed by atoms with Crippen LogP contribution in [0.15, 0.2) is 176 Å². The third-order valence-corrected chi connectivity index (χ3v) is 10.9. The maximum absolute atomic E-state index is 6.64. The molecule has 0 saturated heterocycles. The normalized spacial score (nSPS) is 12.8. The molecule has 12 rings (SSSR count). The number of ether oxygens (including phenoxy) is 2. The van der Waals surface area contributed by atoms with Crippen molar-refractivity contribution in [2.75, 3.05) is 4.90 Å². The largest absolute Gasteiger partial charge is 0.453 e. The van der Waals surface area contributed by atoms with Crippen molar-refractivity contribution in [2.45, 2.75) is 0 Å². The molecule has 8 aromatic carbocycles. The molecular weight excluding hydrogens is 651 g/mol. The summed E-state index contributed by atoms with van der Waals surface area (Å²) in [7, 11) is 0. The number of fused-ring (bicyclic) bond motifs is 10. The molecule has 0 amide bonds. The van der Waals surface area contributed by atoms with Gasteiger partial charge in [0.2, 0.25) is 0 Å². The van der Waals surface area contributed by atoms with E-state index in [0.717, 1.165) is 62.5 Å². The van der Waals surface area contributed by atoms with E-state index in [0.29, 0.717) is 0 Å². The molecule has 0 aliphatic carbocycles. The molecule has 2 aliphatic heterocycles. The van der Waals surface area contributed by atoms with Crippen molar-refractivity contribution in [1.82, 2.24) is 9.13 Å². The molecule has 53 heavy (non-hydrogen) atoms. The predicted molar refractivity (Wildman–Crippen MR) is 215 cm³/mol. The van der Waals surface area contributed by atoms with Gasteiger partial charge in [-0.25, -0.2) is 0 Å². The number of para-hydroxylation sites is 6. The van der Waals surface area contributed by atoms with Gasteiger partial charge >= 0.3 is 0 Å². The Kier molecular flexibility index (Phi) is 5.71. The summed E-state index contributed by atoms with van der Waals surface area (Å²) in [5.74, 6) is 3.19. The maximum Gasteiger partial charge on any atom is 0.155 e. The van der Waals surface area contributed by atoms with Gasteiger partial charge in [-0.15, -0.1) is 0 Å². The summed E-state index contributed by atoms with van der Waals surface area (Å²) in [5.41, 5.74) is 12.2. The van der Waals surface area contributed by atoms with Crippen LogP contribution in [0.25, 0.3) is 66.1 Å². The fourth-order valence-electron chi connectivity index (χ4n) is 8.57. The highest BCUT2D eigenvalue weighted by atomic mass is 16.5. The molecule has 248 valence electrons. The van der Waals surface area contributed by atoms with Crippen LogP contribution in [0.3, 0.4) is 0 Å². The average molecular weight is 680 g/mol. The zero-order chi connectivity index (χ0) is 34.6. The Balaban J connectivity index is 1.01. The zero-order valence-corrected chi connectivity index (χ0v) is 28.4. The first-order valence-electron chi connectivity index (χ1n) is 17.9. The maximum atomic E-state index is 6.64. The van der Waals surface area contributed by atoms with Gasteiger partial charge < -0.3 is 18.6 Å². The molecule has 5 nitrogen and oxygen atoms in total. The van der Waals surface area contributed by atoms with Crippen LogP contribution >= 0.6 is 0 Å². The molecule has 0 radical (unpaired) electrons. The number of nitrogens with zero attached hydrogens (tertiary/aromatic N) is 3. The van der Waals surface area contributed by atoms with Gasteiger partial charge in [0.1, 0.15) is 5.69 Å². The average Bonchev–Trinajstić information content (AvgIpc) is 3.73. The number of anilines is 3. The highest BCUT2D eigenvalue weighted by Gasteiger charge is 2.34. The minimum atomic E-state index is 0.775. The first kappa shape index (κ1) is 28.5. The van der Waals surface area contributed by atoms with E-state index in [1.165, 1.54) is 43.7 Å². The second-order valence-corrected chi connectivity index (χ2v) is 13.8. The predicted octanol–water partition coefficient (Wildman–Crippen LogP) is 13.2. The van der Waals surface area contributed by atoms with E-state index in [1.54, 1.807) is 0 Å². The van der Waals surface area contributed by atoms with Crippen LogP contribution in [-0.4, -0.2) is 9.13 Å². The molecular formula is C48H29N3O2. The lowest BCUT2D eigenvalue weighted by Crippen LogP contribution is -2.20. The number of rotatable bonds is 3. The summed E-state index contributed by atoms with van der Waals surface area (Å²) in [6.45, 7) is 0. The first-order valence-corrected chi connectivity index (χ1v) is 17.9. The molecule has 0 saturated carbocycles. The van der Waals surface area contributed by atoms with Crippen molar-refractivity contribution in [3.05, 3.63) is 176 Å². The van der Waals surface area contributed by atoms with E-state index >= 15 is 0 Å². The van der Waals surface area contributed by atoms with Gasteiger partial charge in [0, 0.05) is 33.3 Å². The van der Waals surface area contributed by atoms with Gasteiger partial charge in [-0.1, -0.05) is 84.9 Å². The summed E-state index contributed by atoms with van der Waals surface area (Å²) in [6.07, 6.45) is 0. The van der Waals surface area contributed by atoms with Crippen molar-refractivity contribution in [3.8, 4) is 45.5 Å². The lowest BCUT2D eigenvalue weighted by Gasteiger charge is -2.37. The van der Waals surface area contributed by atoms with E-state index in [9.17, 15) is 0 Å². The Labute approximate surface area is 304 Å². The fraction of sp³-hybridized carbons (Fsp3) is 0. The Bertz CT molecular complexity index is 3140. The van der Waals surface area contributed by atoms with E-state index in [2.05, 4.69) is 154 Å². The monoisotopic (exact) mass is 679 g/mol. The SMILES string of the molecule is c1ccc(-n2c3ccccc3c3cc(-c4ccc5c(c4)c4ccccc4n5-c4ccc5c(c4)Oc4cccc6c4N5c4ccccc4O6)ccc32)cc1. The summed E-state index contributed by atoms with van der Waals surface area (Å²) < 4.78 is 17.6. The van der Waals surface area contributed by atoms with Crippen molar-refractivity contribution >= 4 is 60.7 Å². The highest BCUT2D eigenvalue weighted by molar-refractivity contribution is 6.13. The van der Waals surface area contributed by atoms with Crippen LogP contribution in [0.5, 0.6) is 23.0 Å². The Morgan fingerprint density at radius 2 is 0.849 bits per heavy atom. The standard InChI is InChI=1S/C48H29N3O2/c1-2-11-32(12-3-1)49-38-15-6-4-13-34(38)36-27-30(21-24-40(36)49)31-22-25-41-37(28-31)35-14-5-7-16-39(35)50(41)33-23-26-43-47(29-33)53-46-20-10-19-45-48(46)51(43)42-17-8-9-18-44(42)52-45/h1-29H. The molecule has 2 aromatic heterocycles. The first-order chi connectivity index (χ1) is 26.3. The third kappa shape index (κ3) is 4.02. The van der Waals surface area contributed by atoms with Crippen LogP contribution in [0.1, 0.15) is 0 Å². The van der Waals surface area contributed by atoms with Crippen molar-refractivity contribution in [2.24, 2.45) is 0 Å². The second kappa shape index (κ2) is 10.6. The fourth-order valence-corrected chi connectivity index (χ4v) is 8.57. The second-order valence-electron chi connectivity index (χ2n) is 13.8. The van der Waals surface area contributed by atoms with Crippen LogP contribution in [-0.2, 0) is 0 Å². The van der Waals surface area contributed by atoms with E-state index in [4.69, 9.17) is 9.47 Å². The van der Waals surface area contributed by atoms with Gasteiger partial charge in [-0.2, -0.15) is 0 Å². The van der Waals surface area contributed by atoms with Crippen molar-refractivity contribution in [3.63, 3.8) is 0 Å². The highest BCUT2D eigenvalue weighted by Crippen LogP contribution is 2.59. The lowest BCUT2D eigenvalue weighted by atomic mass is 10.0. The zero-order valence-electron chi connectivity index (χ0n) is 28.4. The summed E-state index contributed by atoms with van der Waals surface area (Å²) in [6, 6.07) is 62.5. The molecule has 0 unspecified atom stereocenters. The van der Waals surface area contributed by atoms with Crippen LogP contribution in [0, 0.1) is 0 Å². The van der Waals surface area contributed by atoms with E-state index < -0.39 is 0 Å². The molecule has 0 N–H and O–H groups in total. The Morgan fingerprint density at radius 3 is 1.55 bits per heavy atom. The van der Waals surface area contributed by atoms with Crippen LogP contribution in [0.2, 0.25) is 0 Å². The molecule has 0 fully saturated rings. The number of hydrogen-bond donors (Lipinski definition) is 0. The van der Waals surface area contributed by atoms with Crippen molar-refractivity contribution in [1.29, 1.82) is 0 Å². The minimum absolute atomic E-state index is 0.775. The summed E-state index contributed by atoms with van der Waals surface area (Å²) in [4.78, 5) is 2.26. The topological polar surface area (TPSA) is 31.6 Å². The van der Waals surface area contributed by atoms with Crippen LogP contribution < -0.4 is 14.4 Å². The van der Waals surface area contributed by atoms with Crippen LogP contribution in [0.4, 0.5) is 17.1 Å².